The number of sulfonamides is 1. The number of nitrogens with one attached hydrogen (secondary N) is 2. The molecule has 0 unspecified atom stereocenters. The molecule has 1 amide bonds. The molecule has 2 aromatic carbocycles. The van der Waals surface area contributed by atoms with Crippen LogP contribution in [0, 0.1) is 0 Å². The third kappa shape index (κ3) is 6.77. The van der Waals surface area contributed by atoms with Gasteiger partial charge in [-0.05, 0) is 63.9 Å². The fourth-order valence-corrected chi connectivity index (χ4v) is 7.07. The molecule has 0 aliphatic carbocycles. The number of carbonyl (C=O) groups excluding carboxylic acids is 1. The van der Waals surface area contributed by atoms with E-state index in [2.05, 4.69) is 10.0 Å². The molecular weight excluding hydrogens is 547 g/mol. The summed E-state index contributed by atoms with van der Waals surface area (Å²) in [5.74, 6) is 0. The SMILES string of the molecule is CNc1ccccc1S(=O)(=O)c1ccc(C(F)(F)F)c(S(=O)(=O)NC2CCN(C(=O)OC(C)(C)C)CC2)c1. The lowest BCUT2D eigenvalue weighted by Crippen LogP contribution is -2.47. The van der Waals surface area contributed by atoms with Gasteiger partial charge in [0.05, 0.1) is 25.9 Å². The number of hydrogen-bond donors (Lipinski definition) is 2. The standard InChI is InChI=1S/C24H30F3N3O6S2/c1-23(2,3)36-22(31)30-13-11-16(12-14-30)29-38(34,35)21-15-17(9-10-18(21)24(25,26)27)37(32,33)20-8-6-5-7-19(20)28-4/h5-10,15-16,28-29H,11-14H2,1-4H3. The monoisotopic (exact) mass is 577 g/mol. The van der Waals surface area contributed by atoms with E-state index in [4.69, 9.17) is 4.74 Å². The smallest absolute Gasteiger partial charge is 0.417 e. The molecule has 0 atom stereocenters. The van der Waals surface area contributed by atoms with Crippen LogP contribution < -0.4 is 10.0 Å². The van der Waals surface area contributed by atoms with Gasteiger partial charge in [-0.3, -0.25) is 0 Å². The topological polar surface area (TPSA) is 122 Å². The summed E-state index contributed by atoms with van der Waals surface area (Å²) in [7, 11) is -7.70. The van der Waals surface area contributed by atoms with Crippen molar-refractivity contribution in [3.05, 3.63) is 48.0 Å². The predicted molar refractivity (Wildman–Crippen MR) is 134 cm³/mol. The van der Waals surface area contributed by atoms with E-state index in [-0.39, 0.29) is 36.5 Å². The number of para-hydroxylation sites is 1. The lowest BCUT2D eigenvalue weighted by Gasteiger charge is -2.33. The average molecular weight is 578 g/mol. The van der Waals surface area contributed by atoms with Crippen molar-refractivity contribution in [1.82, 2.24) is 9.62 Å². The summed E-state index contributed by atoms with van der Waals surface area (Å²) >= 11 is 0. The lowest BCUT2D eigenvalue weighted by atomic mass is 10.1. The molecule has 1 heterocycles. The quantitative estimate of drug-likeness (QED) is 0.526. The average Bonchev–Trinajstić information content (AvgIpc) is 2.82. The van der Waals surface area contributed by atoms with Crippen molar-refractivity contribution in [2.75, 3.05) is 25.5 Å². The first-order valence-corrected chi connectivity index (χ1v) is 14.7. The Labute approximate surface area is 220 Å². The molecule has 14 heteroatoms. The largest absolute Gasteiger partial charge is 0.444 e. The first kappa shape index (κ1) is 29.7. The zero-order valence-corrected chi connectivity index (χ0v) is 22.9. The Hall–Kier alpha value is -2.84. The van der Waals surface area contributed by atoms with Gasteiger partial charge in [0.2, 0.25) is 19.9 Å². The molecule has 3 rings (SSSR count). The molecule has 1 fully saturated rings. The molecule has 1 aliphatic heterocycles. The lowest BCUT2D eigenvalue weighted by molar-refractivity contribution is -0.140. The summed E-state index contributed by atoms with van der Waals surface area (Å²) in [4.78, 5) is 11.6. The third-order valence-electron chi connectivity index (χ3n) is 5.77. The Morgan fingerprint density at radius 1 is 0.974 bits per heavy atom. The van der Waals surface area contributed by atoms with Crippen molar-refractivity contribution in [3.63, 3.8) is 0 Å². The molecule has 210 valence electrons. The van der Waals surface area contributed by atoms with Crippen molar-refractivity contribution >= 4 is 31.6 Å². The first-order valence-electron chi connectivity index (χ1n) is 11.7. The fraction of sp³-hybridized carbons (Fsp3) is 0.458. The number of alkyl halides is 3. The van der Waals surface area contributed by atoms with Crippen molar-refractivity contribution < 1.29 is 39.5 Å². The maximum absolute atomic E-state index is 13.8. The summed E-state index contributed by atoms with van der Waals surface area (Å²) < 4.78 is 102. The highest BCUT2D eigenvalue weighted by Gasteiger charge is 2.39. The molecule has 0 bridgehead atoms. The van der Waals surface area contributed by atoms with E-state index in [0.29, 0.717) is 12.1 Å². The van der Waals surface area contributed by atoms with Crippen LogP contribution in [-0.2, 0) is 30.8 Å². The van der Waals surface area contributed by atoms with E-state index in [1.807, 2.05) is 0 Å². The number of amides is 1. The number of halogens is 3. The van der Waals surface area contributed by atoms with Gasteiger partial charge in [-0.1, -0.05) is 12.1 Å². The number of piperidine rings is 1. The van der Waals surface area contributed by atoms with Gasteiger partial charge in [0.25, 0.3) is 0 Å². The fourth-order valence-electron chi connectivity index (χ4n) is 3.95. The van der Waals surface area contributed by atoms with Crippen LogP contribution in [0.25, 0.3) is 0 Å². The van der Waals surface area contributed by atoms with Gasteiger partial charge in [-0.15, -0.1) is 0 Å². The molecule has 0 spiro atoms. The molecule has 2 N–H and O–H groups in total. The number of hydrogen-bond acceptors (Lipinski definition) is 7. The van der Waals surface area contributed by atoms with E-state index in [1.165, 1.54) is 30.1 Å². The Morgan fingerprint density at radius 2 is 1.58 bits per heavy atom. The number of nitrogens with zero attached hydrogens (tertiary/aromatic N) is 1. The molecule has 2 aromatic rings. The minimum atomic E-state index is -5.06. The highest BCUT2D eigenvalue weighted by molar-refractivity contribution is 7.92. The van der Waals surface area contributed by atoms with E-state index in [9.17, 15) is 34.8 Å². The number of ether oxygens (including phenoxy) is 1. The summed E-state index contributed by atoms with van der Waals surface area (Å²) in [5, 5.41) is 2.70. The second-order valence-corrected chi connectivity index (χ2v) is 13.4. The van der Waals surface area contributed by atoms with Crippen molar-refractivity contribution in [2.24, 2.45) is 0 Å². The molecular formula is C24H30F3N3O6S2. The summed E-state index contributed by atoms with van der Waals surface area (Å²) in [6, 6.07) is 6.71. The highest BCUT2D eigenvalue weighted by atomic mass is 32.2. The summed E-state index contributed by atoms with van der Waals surface area (Å²) in [5.41, 5.74) is -2.01. The van der Waals surface area contributed by atoms with Crippen LogP contribution in [0.1, 0.15) is 39.2 Å². The molecule has 0 aromatic heterocycles. The zero-order valence-electron chi connectivity index (χ0n) is 21.3. The number of sulfone groups is 1. The van der Waals surface area contributed by atoms with Gasteiger partial charge < -0.3 is 15.0 Å². The van der Waals surface area contributed by atoms with Crippen molar-refractivity contribution in [1.29, 1.82) is 0 Å². The molecule has 1 aliphatic rings. The summed E-state index contributed by atoms with van der Waals surface area (Å²) in [6.45, 7) is 5.37. The molecule has 0 radical (unpaired) electrons. The van der Waals surface area contributed by atoms with Crippen LogP contribution in [0.2, 0.25) is 0 Å². The zero-order chi connectivity index (χ0) is 28.5. The second kappa shape index (κ2) is 10.7. The number of rotatable bonds is 6. The predicted octanol–water partition coefficient (Wildman–Crippen LogP) is 4.26. The third-order valence-corrected chi connectivity index (χ3v) is 9.14. The van der Waals surface area contributed by atoms with Gasteiger partial charge in [-0.2, -0.15) is 13.2 Å². The van der Waals surface area contributed by atoms with Crippen LogP contribution in [0.15, 0.2) is 57.2 Å². The van der Waals surface area contributed by atoms with Crippen LogP contribution in [0.3, 0.4) is 0 Å². The molecule has 38 heavy (non-hydrogen) atoms. The van der Waals surface area contributed by atoms with Crippen molar-refractivity contribution in [2.45, 2.75) is 66.1 Å². The Morgan fingerprint density at radius 3 is 2.13 bits per heavy atom. The maximum atomic E-state index is 13.8. The Bertz CT molecular complexity index is 1400. The van der Waals surface area contributed by atoms with Gasteiger partial charge in [0, 0.05) is 26.2 Å². The Kier molecular flexibility index (Phi) is 8.39. The van der Waals surface area contributed by atoms with E-state index >= 15 is 0 Å². The van der Waals surface area contributed by atoms with Crippen LogP contribution >= 0.6 is 0 Å². The van der Waals surface area contributed by atoms with Crippen LogP contribution in [-0.4, -0.2) is 59.6 Å². The van der Waals surface area contributed by atoms with Gasteiger partial charge in [0.1, 0.15) is 5.60 Å². The van der Waals surface area contributed by atoms with Crippen LogP contribution in [0.5, 0.6) is 0 Å². The van der Waals surface area contributed by atoms with Gasteiger partial charge in [0.15, 0.2) is 0 Å². The van der Waals surface area contributed by atoms with Gasteiger partial charge >= 0.3 is 12.3 Å². The van der Waals surface area contributed by atoms with Gasteiger partial charge in [-0.25, -0.2) is 26.4 Å². The van der Waals surface area contributed by atoms with E-state index in [1.54, 1.807) is 26.8 Å². The van der Waals surface area contributed by atoms with Crippen LogP contribution in [0.4, 0.5) is 23.7 Å². The van der Waals surface area contributed by atoms with E-state index in [0.717, 1.165) is 6.07 Å². The number of likely N-dealkylation sites (tertiary alicyclic amines) is 1. The first-order chi connectivity index (χ1) is 17.5. The highest BCUT2D eigenvalue weighted by Crippen LogP contribution is 2.37. The molecule has 1 saturated heterocycles. The number of benzene rings is 2. The molecule has 9 nitrogen and oxygen atoms in total. The second-order valence-electron chi connectivity index (χ2n) is 9.77. The minimum Gasteiger partial charge on any atom is -0.444 e. The maximum Gasteiger partial charge on any atom is 0.417 e. The van der Waals surface area contributed by atoms with Crippen molar-refractivity contribution in [3.8, 4) is 0 Å². The number of carbonyl (C=O) groups is 1. The Balaban J connectivity index is 1.92. The normalized spacial score (nSPS) is 15.8. The summed E-state index contributed by atoms with van der Waals surface area (Å²) in [6.07, 6.45) is -5.37. The number of anilines is 1. The van der Waals surface area contributed by atoms with E-state index < -0.39 is 59.1 Å². The molecule has 0 saturated carbocycles. The minimum absolute atomic E-state index is 0.128.